The zero-order valence-electron chi connectivity index (χ0n) is 11.1. The van der Waals surface area contributed by atoms with Crippen LogP contribution in [0.2, 0.25) is 0 Å². The second-order valence-corrected chi connectivity index (χ2v) is 6.08. The van der Waals surface area contributed by atoms with E-state index >= 15 is 0 Å². The summed E-state index contributed by atoms with van der Waals surface area (Å²) < 4.78 is 0. The second-order valence-electron chi connectivity index (χ2n) is 6.08. The van der Waals surface area contributed by atoms with Crippen LogP contribution in [0.1, 0.15) is 52.9 Å². The molecule has 0 unspecified atom stereocenters. The number of hydrogen-bond acceptors (Lipinski definition) is 2. The maximum Gasteiger partial charge on any atom is 0.240 e. The summed E-state index contributed by atoms with van der Waals surface area (Å²) in [7, 11) is 1.91. The van der Waals surface area contributed by atoms with Crippen molar-refractivity contribution in [3.05, 3.63) is 0 Å². The molecule has 0 aliphatic heterocycles. The molecule has 16 heavy (non-hydrogen) atoms. The molecule has 1 aliphatic rings. The highest BCUT2D eigenvalue weighted by atomic mass is 16.2. The third-order valence-electron chi connectivity index (χ3n) is 3.67. The fraction of sp³-hybridized carbons (Fsp3) is 0.923. The van der Waals surface area contributed by atoms with E-state index in [4.69, 9.17) is 5.73 Å². The highest BCUT2D eigenvalue weighted by Gasteiger charge is 2.32. The van der Waals surface area contributed by atoms with Gasteiger partial charge in [0.2, 0.25) is 5.91 Å². The molecule has 0 aromatic rings. The van der Waals surface area contributed by atoms with Gasteiger partial charge in [-0.15, -0.1) is 0 Å². The molecule has 3 nitrogen and oxygen atoms in total. The summed E-state index contributed by atoms with van der Waals surface area (Å²) in [6.45, 7) is 6.05. The van der Waals surface area contributed by atoms with Crippen molar-refractivity contribution in [1.82, 2.24) is 4.90 Å². The van der Waals surface area contributed by atoms with Gasteiger partial charge in [0, 0.05) is 13.1 Å². The van der Waals surface area contributed by atoms with Crippen molar-refractivity contribution in [2.45, 2.75) is 65.0 Å². The molecule has 0 spiro atoms. The SMILES string of the molecule is CN(C(=O)[C@@H](N)C(C)(C)C)C1CCCCC1. The lowest BCUT2D eigenvalue weighted by Gasteiger charge is -2.36. The van der Waals surface area contributed by atoms with Crippen molar-refractivity contribution in [2.75, 3.05) is 7.05 Å². The Labute approximate surface area is 99.4 Å². The minimum Gasteiger partial charge on any atom is -0.341 e. The van der Waals surface area contributed by atoms with E-state index in [1.54, 1.807) is 0 Å². The first kappa shape index (κ1) is 13.5. The van der Waals surface area contributed by atoms with E-state index in [-0.39, 0.29) is 17.4 Å². The predicted octanol–water partition coefficient (Wildman–Crippen LogP) is 2.15. The van der Waals surface area contributed by atoms with Gasteiger partial charge in [0.15, 0.2) is 0 Å². The van der Waals surface area contributed by atoms with Gasteiger partial charge >= 0.3 is 0 Å². The normalized spacial score (nSPS) is 20.6. The summed E-state index contributed by atoms with van der Waals surface area (Å²) in [5.41, 5.74) is 5.86. The topological polar surface area (TPSA) is 46.3 Å². The van der Waals surface area contributed by atoms with Crippen molar-refractivity contribution in [3.63, 3.8) is 0 Å². The van der Waals surface area contributed by atoms with Crippen molar-refractivity contribution in [2.24, 2.45) is 11.1 Å². The van der Waals surface area contributed by atoms with Gasteiger partial charge in [0.25, 0.3) is 0 Å². The van der Waals surface area contributed by atoms with Crippen molar-refractivity contribution in [3.8, 4) is 0 Å². The Bertz CT molecular complexity index is 239. The van der Waals surface area contributed by atoms with Gasteiger partial charge in [-0.3, -0.25) is 4.79 Å². The summed E-state index contributed by atoms with van der Waals surface area (Å²) >= 11 is 0. The second kappa shape index (κ2) is 5.17. The Hall–Kier alpha value is -0.570. The molecule has 1 aliphatic carbocycles. The van der Waals surface area contributed by atoms with E-state index in [1.165, 1.54) is 19.3 Å². The maximum atomic E-state index is 12.2. The summed E-state index contributed by atoms with van der Waals surface area (Å²) in [4.78, 5) is 14.1. The van der Waals surface area contributed by atoms with E-state index in [0.29, 0.717) is 6.04 Å². The fourth-order valence-electron chi connectivity index (χ4n) is 2.24. The van der Waals surface area contributed by atoms with Crippen LogP contribution in [0.5, 0.6) is 0 Å². The number of hydrogen-bond donors (Lipinski definition) is 1. The minimum atomic E-state index is -0.389. The first-order valence-electron chi connectivity index (χ1n) is 6.36. The Kier molecular flexibility index (Phi) is 4.36. The van der Waals surface area contributed by atoms with Gasteiger partial charge in [-0.25, -0.2) is 0 Å². The minimum absolute atomic E-state index is 0.0967. The zero-order chi connectivity index (χ0) is 12.3. The monoisotopic (exact) mass is 226 g/mol. The van der Waals surface area contributed by atoms with Crippen LogP contribution in [-0.4, -0.2) is 29.9 Å². The highest BCUT2D eigenvalue weighted by Crippen LogP contribution is 2.24. The molecular weight excluding hydrogens is 200 g/mol. The average Bonchev–Trinajstić information content (AvgIpc) is 2.26. The molecule has 1 atom stereocenters. The summed E-state index contributed by atoms with van der Waals surface area (Å²) in [6, 6.07) is 0.0223. The van der Waals surface area contributed by atoms with E-state index < -0.39 is 0 Å². The Morgan fingerprint density at radius 2 is 1.75 bits per heavy atom. The number of likely N-dealkylation sites (N-methyl/N-ethyl adjacent to an activating group) is 1. The van der Waals surface area contributed by atoms with Gasteiger partial charge in [-0.2, -0.15) is 0 Å². The largest absolute Gasteiger partial charge is 0.341 e. The van der Waals surface area contributed by atoms with E-state index in [1.807, 2.05) is 32.7 Å². The van der Waals surface area contributed by atoms with Crippen LogP contribution in [0.3, 0.4) is 0 Å². The van der Waals surface area contributed by atoms with Gasteiger partial charge in [0.05, 0.1) is 6.04 Å². The van der Waals surface area contributed by atoms with Gasteiger partial charge in [-0.1, -0.05) is 40.0 Å². The van der Waals surface area contributed by atoms with Crippen LogP contribution < -0.4 is 5.73 Å². The number of nitrogens with zero attached hydrogens (tertiary/aromatic N) is 1. The zero-order valence-corrected chi connectivity index (χ0v) is 11.1. The van der Waals surface area contributed by atoms with Crippen molar-refractivity contribution >= 4 is 5.91 Å². The van der Waals surface area contributed by atoms with Gasteiger partial charge in [-0.05, 0) is 18.3 Å². The maximum absolute atomic E-state index is 12.2. The Morgan fingerprint density at radius 1 is 1.25 bits per heavy atom. The van der Waals surface area contributed by atoms with Crippen LogP contribution in [-0.2, 0) is 4.79 Å². The lowest BCUT2D eigenvalue weighted by Crippen LogP contribution is -2.52. The van der Waals surface area contributed by atoms with Crippen molar-refractivity contribution in [1.29, 1.82) is 0 Å². The van der Waals surface area contributed by atoms with Crippen LogP contribution in [0, 0.1) is 5.41 Å². The molecule has 94 valence electrons. The number of rotatable bonds is 2. The molecule has 0 bridgehead atoms. The third kappa shape index (κ3) is 3.21. The average molecular weight is 226 g/mol. The number of carbonyl (C=O) groups is 1. The molecule has 0 heterocycles. The highest BCUT2D eigenvalue weighted by molar-refractivity contribution is 5.82. The molecule has 0 saturated heterocycles. The standard InChI is InChI=1S/C13H26N2O/c1-13(2,3)11(14)12(16)15(4)10-8-6-5-7-9-10/h10-11H,5-9,14H2,1-4H3/t11-/m1/s1. The number of amides is 1. The summed E-state index contributed by atoms with van der Waals surface area (Å²) in [5, 5.41) is 0. The van der Waals surface area contributed by atoms with Gasteiger partial charge in [0.1, 0.15) is 0 Å². The molecule has 2 N–H and O–H groups in total. The smallest absolute Gasteiger partial charge is 0.240 e. The third-order valence-corrected chi connectivity index (χ3v) is 3.67. The first-order chi connectivity index (χ1) is 7.34. The lowest BCUT2D eigenvalue weighted by molar-refractivity contribution is -0.136. The van der Waals surface area contributed by atoms with E-state index in [9.17, 15) is 4.79 Å². The molecule has 1 fully saturated rings. The lowest BCUT2D eigenvalue weighted by atomic mass is 9.85. The van der Waals surface area contributed by atoms with E-state index in [2.05, 4.69) is 0 Å². The molecular formula is C13H26N2O. The van der Waals surface area contributed by atoms with Crippen LogP contribution in [0.25, 0.3) is 0 Å². The molecule has 0 aromatic carbocycles. The Morgan fingerprint density at radius 3 is 2.19 bits per heavy atom. The molecule has 3 heteroatoms. The fourth-order valence-corrected chi connectivity index (χ4v) is 2.24. The predicted molar refractivity (Wildman–Crippen MR) is 67.1 cm³/mol. The molecule has 1 saturated carbocycles. The molecule has 0 radical (unpaired) electrons. The summed E-state index contributed by atoms with van der Waals surface area (Å²) in [6.07, 6.45) is 6.07. The number of nitrogens with two attached hydrogens (primary N) is 1. The molecule has 1 rings (SSSR count). The van der Waals surface area contributed by atoms with E-state index in [0.717, 1.165) is 12.8 Å². The molecule has 0 aromatic heterocycles. The van der Waals surface area contributed by atoms with Crippen molar-refractivity contribution < 1.29 is 4.79 Å². The van der Waals surface area contributed by atoms with Crippen LogP contribution in [0.4, 0.5) is 0 Å². The Balaban J connectivity index is 2.58. The first-order valence-corrected chi connectivity index (χ1v) is 6.36. The quantitative estimate of drug-likeness (QED) is 0.784. The number of carbonyl (C=O) groups excluding carboxylic acids is 1. The summed E-state index contributed by atoms with van der Waals surface area (Å²) in [5.74, 6) is 0.0967. The van der Waals surface area contributed by atoms with Crippen LogP contribution >= 0.6 is 0 Å². The van der Waals surface area contributed by atoms with Gasteiger partial charge < -0.3 is 10.6 Å². The van der Waals surface area contributed by atoms with Crippen LogP contribution in [0.15, 0.2) is 0 Å². The molecule has 1 amide bonds.